The van der Waals surface area contributed by atoms with Crippen LogP contribution in [0.5, 0.6) is 0 Å². The number of hydrazine groups is 1. The zero-order valence-corrected chi connectivity index (χ0v) is 14.5. The number of benzene rings is 2. The Hall–Kier alpha value is -2.66. The van der Waals surface area contributed by atoms with E-state index in [9.17, 15) is 9.59 Å². The van der Waals surface area contributed by atoms with Gasteiger partial charge in [-0.05, 0) is 47.2 Å². The maximum atomic E-state index is 12.2. The van der Waals surface area contributed by atoms with E-state index in [1.165, 1.54) is 28.2 Å². The number of fused-ring (bicyclic) bond motifs is 2. The first-order valence-electron chi connectivity index (χ1n) is 8.37. The number of thiophene rings is 1. The maximum absolute atomic E-state index is 12.2. The summed E-state index contributed by atoms with van der Waals surface area (Å²) in [6.45, 7) is 0. The molecule has 2 N–H and O–H groups in total. The van der Waals surface area contributed by atoms with Crippen LogP contribution >= 0.6 is 11.3 Å². The zero-order chi connectivity index (χ0) is 17.2. The van der Waals surface area contributed by atoms with E-state index in [1.54, 1.807) is 0 Å². The Morgan fingerprint density at radius 3 is 2.64 bits per heavy atom. The van der Waals surface area contributed by atoms with Gasteiger partial charge in [0, 0.05) is 4.88 Å². The third kappa shape index (κ3) is 3.42. The van der Waals surface area contributed by atoms with Gasteiger partial charge in [0.05, 0.1) is 11.3 Å². The summed E-state index contributed by atoms with van der Waals surface area (Å²) in [6, 6.07) is 15.9. The van der Waals surface area contributed by atoms with E-state index in [0.717, 1.165) is 29.2 Å². The van der Waals surface area contributed by atoms with Crippen LogP contribution in [0.15, 0.2) is 48.5 Å². The summed E-state index contributed by atoms with van der Waals surface area (Å²) in [5.74, 6) is -0.473. The molecule has 1 aliphatic carbocycles. The lowest BCUT2D eigenvalue weighted by atomic mass is 10.1. The zero-order valence-electron chi connectivity index (χ0n) is 13.7. The molecule has 4 nitrogen and oxygen atoms in total. The van der Waals surface area contributed by atoms with Gasteiger partial charge < -0.3 is 0 Å². The first-order valence-corrected chi connectivity index (χ1v) is 9.19. The van der Waals surface area contributed by atoms with Crippen molar-refractivity contribution in [3.63, 3.8) is 0 Å². The second kappa shape index (κ2) is 6.69. The predicted octanol–water partition coefficient (Wildman–Crippen LogP) is 3.39. The highest BCUT2D eigenvalue weighted by Gasteiger charge is 2.18. The average molecular weight is 350 g/mol. The van der Waals surface area contributed by atoms with E-state index >= 15 is 0 Å². The Morgan fingerprint density at radius 2 is 1.80 bits per heavy atom. The largest absolute Gasteiger partial charge is 0.279 e. The van der Waals surface area contributed by atoms with Crippen LogP contribution in [0, 0.1) is 0 Å². The lowest BCUT2D eigenvalue weighted by Gasteiger charge is -2.07. The smallest absolute Gasteiger partial charge is 0.273 e. The first kappa shape index (κ1) is 15.8. The molecule has 4 rings (SSSR count). The second-order valence-corrected chi connectivity index (χ2v) is 7.41. The fourth-order valence-electron chi connectivity index (χ4n) is 3.21. The number of amides is 2. The summed E-state index contributed by atoms with van der Waals surface area (Å²) in [5.41, 5.74) is 7.22. The van der Waals surface area contributed by atoms with Crippen LogP contribution in [-0.2, 0) is 24.1 Å². The number of rotatable bonds is 3. The number of carbonyl (C=O) groups excluding carboxylic acids is 2. The minimum absolute atomic E-state index is 0.228. The van der Waals surface area contributed by atoms with Gasteiger partial charge in [-0.25, -0.2) is 0 Å². The highest BCUT2D eigenvalue weighted by molar-refractivity contribution is 7.14. The molecule has 0 bridgehead atoms. The summed E-state index contributed by atoms with van der Waals surface area (Å²) in [7, 11) is 0. The Balaban J connectivity index is 1.35. The van der Waals surface area contributed by atoms with Crippen molar-refractivity contribution in [2.45, 2.75) is 25.7 Å². The SMILES string of the molecule is O=C(Cc1ccc2ccccc2c1)NNC(=O)c1cc2c(s1)CCC2. The monoisotopic (exact) mass is 350 g/mol. The summed E-state index contributed by atoms with van der Waals surface area (Å²) in [5, 5.41) is 2.25. The van der Waals surface area contributed by atoms with Gasteiger partial charge in [0.1, 0.15) is 0 Å². The number of carbonyl (C=O) groups is 2. The molecule has 25 heavy (non-hydrogen) atoms. The molecular formula is C20H18N2O2S. The van der Waals surface area contributed by atoms with Gasteiger partial charge in [-0.1, -0.05) is 42.5 Å². The summed E-state index contributed by atoms with van der Waals surface area (Å²) in [6.07, 6.45) is 3.51. The van der Waals surface area contributed by atoms with Crippen molar-refractivity contribution in [1.29, 1.82) is 0 Å². The summed E-state index contributed by atoms with van der Waals surface area (Å²) in [4.78, 5) is 26.2. The van der Waals surface area contributed by atoms with E-state index < -0.39 is 0 Å². The predicted molar refractivity (Wildman–Crippen MR) is 99.6 cm³/mol. The minimum atomic E-state index is -0.244. The molecule has 0 radical (unpaired) electrons. The van der Waals surface area contributed by atoms with Crippen molar-refractivity contribution < 1.29 is 9.59 Å². The van der Waals surface area contributed by atoms with E-state index in [1.807, 2.05) is 48.5 Å². The first-order chi connectivity index (χ1) is 12.2. The molecule has 3 aromatic rings. The van der Waals surface area contributed by atoms with Gasteiger partial charge in [0.2, 0.25) is 5.91 Å². The van der Waals surface area contributed by atoms with Crippen LogP contribution in [0.1, 0.15) is 32.1 Å². The molecule has 0 atom stereocenters. The molecule has 0 aliphatic heterocycles. The third-order valence-corrected chi connectivity index (χ3v) is 5.70. The molecule has 1 heterocycles. The Bertz CT molecular complexity index is 940. The fraction of sp³-hybridized carbons (Fsp3) is 0.200. The number of nitrogens with one attached hydrogen (secondary N) is 2. The summed E-state index contributed by atoms with van der Waals surface area (Å²) >= 11 is 1.52. The van der Waals surface area contributed by atoms with E-state index in [0.29, 0.717) is 4.88 Å². The molecule has 126 valence electrons. The van der Waals surface area contributed by atoms with E-state index in [4.69, 9.17) is 0 Å². The molecule has 2 aromatic carbocycles. The standard InChI is InChI=1S/C20H18N2O2S/c23-19(11-13-8-9-14-4-1-2-5-15(14)10-13)21-22-20(24)18-12-16-6-3-7-17(16)25-18/h1-2,4-5,8-10,12H,3,6-7,11H2,(H,21,23)(H,22,24). The summed E-state index contributed by atoms with van der Waals surface area (Å²) < 4.78 is 0. The Kier molecular flexibility index (Phi) is 4.24. The highest BCUT2D eigenvalue weighted by Crippen LogP contribution is 2.30. The quantitative estimate of drug-likeness (QED) is 0.712. The van der Waals surface area contributed by atoms with Crippen molar-refractivity contribution in [2.24, 2.45) is 0 Å². The molecule has 5 heteroatoms. The molecule has 1 aliphatic rings. The van der Waals surface area contributed by atoms with Gasteiger partial charge in [0.25, 0.3) is 5.91 Å². The van der Waals surface area contributed by atoms with Gasteiger partial charge in [-0.2, -0.15) is 0 Å². The van der Waals surface area contributed by atoms with Crippen LogP contribution < -0.4 is 10.9 Å². The van der Waals surface area contributed by atoms with Crippen LogP contribution in [0.25, 0.3) is 10.8 Å². The van der Waals surface area contributed by atoms with E-state index in [2.05, 4.69) is 10.9 Å². The van der Waals surface area contributed by atoms with Crippen LogP contribution in [0.3, 0.4) is 0 Å². The van der Waals surface area contributed by atoms with Crippen molar-refractivity contribution in [3.05, 3.63) is 69.4 Å². The molecule has 0 spiro atoms. The van der Waals surface area contributed by atoms with Crippen molar-refractivity contribution in [2.75, 3.05) is 0 Å². The fourth-order valence-corrected chi connectivity index (χ4v) is 4.36. The number of hydrogen-bond donors (Lipinski definition) is 2. The normalized spacial score (nSPS) is 12.8. The lowest BCUT2D eigenvalue weighted by Crippen LogP contribution is -2.42. The van der Waals surface area contributed by atoms with Crippen LogP contribution in [-0.4, -0.2) is 11.8 Å². The van der Waals surface area contributed by atoms with Crippen molar-refractivity contribution in [1.82, 2.24) is 10.9 Å². The average Bonchev–Trinajstić information content (AvgIpc) is 3.21. The van der Waals surface area contributed by atoms with Crippen molar-refractivity contribution in [3.8, 4) is 0 Å². The maximum Gasteiger partial charge on any atom is 0.279 e. The van der Waals surface area contributed by atoms with Crippen LogP contribution in [0.4, 0.5) is 0 Å². The topological polar surface area (TPSA) is 58.2 Å². The number of aryl methyl sites for hydroxylation is 2. The minimum Gasteiger partial charge on any atom is -0.273 e. The molecule has 0 fully saturated rings. The van der Waals surface area contributed by atoms with Crippen LogP contribution in [0.2, 0.25) is 0 Å². The second-order valence-electron chi connectivity index (χ2n) is 6.27. The molecule has 0 unspecified atom stereocenters. The number of hydrogen-bond acceptors (Lipinski definition) is 3. The Labute approximate surface area is 149 Å². The Morgan fingerprint density at radius 1 is 0.960 bits per heavy atom. The van der Waals surface area contributed by atoms with Crippen molar-refractivity contribution >= 4 is 33.9 Å². The molecule has 0 saturated carbocycles. The van der Waals surface area contributed by atoms with Gasteiger partial charge in [-0.3, -0.25) is 20.4 Å². The lowest BCUT2D eigenvalue weighted by molar-refractivity contribution is -0.121. The molecule has 2 amide bonds. The van der Waals surface area contributed by atoms with Gasteiger partial charge >= 0.3 is 0 Å². The van der Waals surface area contributed by atoms with Gasteiger partial charge in [0.15, 0.2) is 0 Å². The van der Waals surface area contributed by atoms with Gasteiger partial charge in [-0.15, -0.1) is 11.3 Å². The molecular weight excluding hydrogens is 332 g/mol. The van der Waals surface area contributed by atoms with E-state index in [-0.39, 0.29) is 18.2 Å². The third-order valence-electron chi connectivity index (χ3n) is 4.46. The molecule has 0 saturated heterocycles. The highest BCUT2D eigenvalue weighted by atomic mass is 32.1. The molecule has 1 aromatic heterocycles.